The van der Waals surface area contributed by atoms with Crippen LogP contribution in [0.25, 0.3) is 0 Å². The number of hydrogen-bond donors (Lipinski definition) is 1. The van der Waals surface area contributed by atoms with Gasteiger partial charge < -0.3 is 19.3 Å². The molecule has 6 heteroatoms. The molecule has 1 aliphatic heterocycles. The highest BCUT2D eigenvalue weighted by Crippen LogP contribution is 2.34. The molecule has 28 heavy (non-hydrogen) atoms. The van der Waals surface area contributed by atoms with Crippen molar-refractivity contribution in [3.8, 4) is 11.5 Å². The number of aliphatic hydroxyl groups is 1. The normalized spacial score (nSPS) is 19.1. The Hall–Kier alpha value is -1.79. The van der Waals surface area contributed by atoms with Crippen molar-refractivity contribution in [1.82, 2.24) is 4.90 Å². The molecular weight excluding hydrogens is 358 g/mol. The third-order valence-corrected chi connectivity index (χ3v) is 5.02. The Bertz CT molecular complexity index is 640. The van der Waals surface area contributed by atoms with Crippen molar-refractivity contribution < 1.29 is 24.1 Å². The monoisotopic (exact) mass is 393 g/mol. The first-order valence-electron chi connectivity index (χ1n) is 10.1. The number of rotatable bonds is 8. The van der Waals surface area contributed by atoms with Gasteiger partial charge in [-0.25, -0.2) is 0 Å². The molecule has 1 aromatic rings. The Balaban J connectivity index is 1.92. The third-order valence-electron chi connectivity index (χ3n) is 5.02. The van der Waals surface area contributed by atoms with Gasteiger partial charge >= 0.3 is 5.97 Å². The highest BCUT2D eigenvalue weighted by atomic mass is 16.5. The third kappa shape index (κ3) is 6.38. The minimum Gasteiger partial charge on any atom is -0.497 e. The number of benzene rings is 1. The summed E-state index contributed by atoms with van der Waals surface area (Å²) in [7, 11) is 1.65. The molecule has 0 radical (unpaired) electrons. The fraction of sp³-hybridized carbons (Fsp3) is 0.682. The van der Waals surface area contributed by atoms with E-state index in [1.807, 2.05) is 25.1 Å². The van der Waals surface area contributed by atoms with Crippen LogP contribution in [0, 0.1) is 5.92 Å². The summed E-state index contributed by atoms with van der Waals surface area (Å²) in [5.74, 6) is 1.31. The van der Waals surface area contributed by atoms with Crippen LogP contribution in [0.4, 0.5) is 0 Å². The lowest BCUT2D eigenvalue weighted by Gasteiger charge is -2.32. The van der Waals surface area contributed by atoms with E-state index in [1.165, 1.54) is 0 Å². The molecule has 1 saturated heterocycles. The summed E-state index contributed by atoms with van der Waals surface area (Å²) in [5, 5.41) is 10.5. The molecule has 0 unspecified atom stereocenters. The van der Waals surface area contributed by atoms with Crippen LogP contribution in [0.3, 0.4) is 0 Å². The summed E-state index contributed by atoms with van der Waals surface area (Å²) in [4.78, 5) is 14.1. The molecule has 158 valence electrons. The zero-order valence-corrected chi connectivity index (χ0v) is 17.9. The van der Waals surface area contributed by atoms with E-state index in [4.69, 9.17) is 14.2 Å². The van der Waals surface area contributed by atoms with E-state index in [9.17, 15) is 9.90 Å². The van der Waals surface area contributed by atoms with Crippen molar-refractivity contribution in [3.63, 3.8) is 0 Å². The zero-order valence-electron chi connectivity index (χ0n) is 17.9. The molecule has 2 rings (SSSR count). The van der Waals surface area contributed by atoms with Crippen molar-refractivity contribution in [2.24, 2.45) is 5.92 Å². The Kier molecular flexibility index (Phi) is 8.13. The van der Waals surface area contributed by atoms with Crippen molar-refractivity contribution >= 4 is 5.97 Å². The number of β-amino-alcohol motifs (C(OH)–C–C–N with tert-alkyl or cyclic N) is 1. The Morgan fingerprint density at radius 3 is 2.75 bits per heavy atom. The van der Waals surface area contributed by atoms with Crippen LogP contribution < -0.4 is 9.47 Å². The maximum atomic E-state index is 12.0. The molecule has 6 nitrogen and oxygen atoms in total. The van der Waals surface area contributed by atoms with Gasteiger partial charge in [-0.05, 0) is 49.9 Å². The number of hydrogen-bond acceptors (Lipinski definition) is 6. The Morgan fingerprint density at radius 1 is 1.36 bits per heavy atom. The summed E-state index contributed by atoms with van der Waals surface area (Å²) in [6.45, 7) is 10.8. The predicted octanol–water partition coefficient (Wildman–Crippen LogP) is 3.01. The maximum Gasteiger partial charge on any atom is 0.310 e. The molecular formula is C22H35NO5. The van der Waals surface area contributed by atoms with Gasteiger partial charge in [-0.1, -0.05) is 20.8 Å². The number of methoxy groups -OCH3 is 1. The number of piperidine rings is 1. The predicted molar refractivity (Wildman–Crippen MR) is 109 cm³/mol. The van der Waals surface area contributed by atoms with E-state index < -0.39 is 6.10 Å². The van der Waals surface area contributed by atoms with Crippen molar-refractivity contribution in [1.29, 1.82) is 0 Å². The largest absolute Gasteiger partial charge is 0.497 e. The van der Waals surface area contributed by atoms with Crippen LogP contribution in [0.1, 0.15) is 46.1 Å². The highest BCUT2D eigenvalue weighted by molar-refractivity contribution is 5.72. The van der Waals surface area contributed by atoms with E-state index >= 15 is 0 Å². The topological polar surface area (TPSA) is 68.2 Å². The molecule has 2 atom stereocenters. The van der Waals surface area contributed by atoms with Crippen LogP contribution in [0.2, 0.25) is 0 Å². The van der Waals surface area contributed by atoms with Crippen molar-refractivity contribution in [2.75, 3.05) is 40.0 Å². The molecule has 0 aromatic heterocycles. The van der Waals surface area contributed by atoms with Crippen LogP contribution in [-0.4, -0.2) is 62.0 Å². The Labute approximate surface area is 168 Å². The summed E-state index contributed by atoms with van der Waals surface area (Å²) >= 11 is 0. The first-order chi connectivity index (χ1) is 13.2. The number of nitrogens with zero attached hydrogens (tertiary/aromatic N) is 1. The second-order valence-electron chi connectivity index (χ2n) is 8.43. The molecule has 0 bridgehead atoms. The van der Waals surface area contributed by atoms with Gasteiger partial charge in [0.25, 0.3) is 0 Å². The Morgan fingerprint density at radius 2 is 2.11 bits per heavy atom. The summed E-state index contributed by atoms with van der Waals surface area (Å²) in [6, 6.07) is 5.74. The number of esters is 1. The zero-order chi connectivity index (χ0) is 20.7. The molecule has 0 spiro atoms. The van der Waals surface area contributed by atoms with Gasteiger partial charge in [0.2, 0.25) is 0 Å². The minimum absolute atomic E-state index is 0.101. The molecule has 1 fully saturated rings. The average Bonchev–Trinajstić information content (AvgIpc) is 2.66. The second-order valence-corrected chi connectivity index (χ2v) is 8.43. The van der Waals surface area contributed by atoms with Gasteiger partial charge in [-0.2, -0.15) is 0 Å². The smallest absolute Gasteiger partial charge is 0.310 e. The number of aliphatic hydroxyl groups excluding tert-OH is 1. The summed E-state index contributed by atoms with van der Waals surface area (Å²) < 4.78 is 16.4. The van der Waals surface area contributed by atoms with Gasteiger partial charge in [0.15, 0.2) is 0 Å². The average molecular weight is 394 g/mol. The molecule has 1 aliphatic rings. The molecule has 1 N–H and O–H groups in total. The van der Waals surface area contributed by atoms with E-state index in [0.29, 0.717) is 19.7 Å². The number of ether oxygens (including phenoxy) is 3. The number of carbonyl (C=O) groups excluding carboxylic acids is 1. The standard InChI is InChI=1S/C22H35NO5/c1-6-27-21(25)16-8-7-11-23(13-16)14-17(24)15-28-20-10-9-18(26-5)12-19(20)22(2,3)4/h9-10,12,16-17,24H,6-8,11,13-15H2,1-5H3/t16-,17-/m0/s1. The van der Waals surface area contributed by atoms with Crippen molar-refractivity contribution in [2.45, 2.75) is 52.1 Å². The highest BCUT2D eigenvalue weighted by Gasteiger charge is 2.28. The van der Waals surface area contributed by atoms with Gasteiger partial charge in [-0.15, -0.1) is 0 Å². The van der Waals surface area contributed by atoms with Crippen LogP contribution in [0.5, 0.6) is 11.5 Å². The van der Waals surface area contributed by atoms with E-state index in [-0.39, 0.29) is 23.9 Å². The molecule has 0 aliphatic carbocycles. The van der Waals surface area contributed by atoms with Crippen molar-refractivity contribution in [3.05, 3.63) is 23.8 Å². The lowest BCUT2D eigenvalue weighted by molar-refractivity contribution is -0.150. The maximum absolute atomic E-state index is 12.0. The van der Waals surface area contributed by atoms with Crippen LogP contribution >= 0.6 is 0 Å². The number of likely N-dealkylation sites (tertiary alicyclic amines) is 1. The van der Waals surface area contributed by atoms with E-state index in [1.54, 1.807) is 7.11 Å². The fourth-order valence-electron chi connectivity index (χ4n) is 3.56. The number of carbonyl (C=O) groups is 1. The summed E-state index contributed by atoms with van der Waals surface area (Å²) in [6.07, 6.45) is 1.16. The van der Waals surface area contributed by atoms with Gasteiger partial charge in [0, 0.05) is 18.7 Å². The fourth-order valence-corrected chi connectivity index (χ4v) is 3.56. The van der Waals surface area contributed by atoms with Crippen LogP contribution in [-0.2, 0) is 14.9 Å². The molecule has 0 amide bonds. The van der Waals surface area contributed by atoms with E-state index in [2.05, 4.69) is 25.7 Å². The minimum atomic E-state index is -0.629. The van der Waals surface area contributed by atoms with Gasteiger partial charge in [0.05, 0.1) is 19.6 Å². The van der Waals surface area contributed by atoms with Gasteiger partial charge in [-0.3, -0.25) is 9.69 Å². The van der Waals surface area contributed by atoms with E-state index in [0.717, 1.165) is 36.4 Å². The lowest BCUT2D eigenvalue weighted by atomic mass is 9.86. The molecule has 0 saturated carbocycles. The second kappa shape index (κ2) is 10.1. The molecule has 1 aromatic carbocycles. The lowest BCUT2D eigenvalue weighted by Crippen LogP contribution is -2.44. The summed E-state index contributed by atoms with van der Waals surface area (Å²) in [5.41, 5.74) is 0.938. The van der Waals surface area contributed by atoms with Crippen LogP contribution in [0.15, 0.2) is 18.2 Å². The SMILES string of the molecule is CCOC(=O)[C@H]1CCCN(C[C@H](O)COc2ccc(OC)cc2C(C)(C)C)C1. The first kappa shape index (κ1) is 22.5. The molecule has 1 heterocycles. The quantitative estimate of drug-likeness (QED) is 0.685. The first-order valence-corrected chi connectivity index (χ1v) is 10.1. The van der Waals surface area contributed by atoms with Gasteiger partial charge in [0.1, 0.15) is 24.2 Å².